The van der Waals surface area contributed by atoms with Crippen molar-refractivity contribution in [1.29, 1.82) is 0 Å². The highest BCUT2D eigenvalue weighted by Gasteiger charge is 2.37. The Morgan fingerprint density at radius 1 is 0.750 bits per heavy atom. The molecule has 0 bridgehead atoms. The summed E-state index contributed by atoms with van der Waals surface area (Å²) in [4.78, 5) is 2.65. The van der Waals surface area contributed by atoms with E-state index in [1.807, 2.05) is 0 Å². The quantitative estimate of drug-likeness (QED) is 0.402. The Bertz CT molecular complexity index is 1220. The van der Waals surface area contributed by atoms with Gasteiger partial charge in [0.15, 0.2) is 0 Å². The number of nitrogens with zero attached hydrogens (tertiary/aromatic N) is 1. The minimum absolute atomic E-state index is 0.518. The number of nitrogens with two attached hydrogens (primary N) is 1. The zero-order valence-electron chi connectivity index (χ0n) is 21.4. The average molecular weight is 478 g/mol. The van der Waals surface area contributed by atoms with Crippen molar-refractivity contribution >= 4 is 22.5 Å². The Labute approximate surface area is 216 Å². The normalized spacial score (nSPS) is 20.1. The van der Waals surface area contributed by atoms with Crippen LogP contribution in [-0.4, -0.2) is 26.2 Å². The van der Waals surface area contributed by atoms with Gasteiger partial charge in [0.1, 0.15) is 0 Å². The van der Waals surface area contributed by atoms with Gasteiger partial charge >= 0.3 is 0 Å². The number of anilines is 2. The molecule has 6 rings (SSSR count). The largest absolute Gasteiger partial charge is 0.399 e. The molecular weight excluding hydrogens is 438 g/mol. The molecule has 3 heteroatoms. The van der Waals surface area contributed by atoms with E-state index in [9.17, 15) is 0 Å². The van der Waals surface area contributed by atoms with E-state index < -0.39 is 0 Å². The number of rotatable bonds is 3. The molecule has 36 heavy (non-hydrogen) atoms. The van der Waals surface area contributed by atoms with Crippen LogP contribution in [0.2, 0.25) is 0 Å². The summed E-state index contributed by atoms with van der Waals surface area (Å²) in [6.07, 6.45) is 9.99. The van der Waals surface area contributed by atoms with Crippen molar-refractivity contribution in [3.8, 4) is 0 Å². The van der Waals surface area contributed by atoms with Crippen molar-refractivity contribution in [1.82, 2.24) is 5.32 Å². The first-order valence-electron chi connectivity index (χ1n) is 13.9. The summed E-state index contributed by atoms with van der Waals surface area (Å²) < 4.78 is 0. The third-order valence-corrected chi connectivity index (χ3v) is 8.78. The van der Waals surface area contributed by atoms with Crippen molar-refractivity contribution in [3.05, 3.63) is 95.1 Å². The molecule has 2 fully saturated rings. The number of fused-ring (bicyclic) bond motifs is 1. The van der Waals surface area contributed by atoms with Crippen LogP contribution >= 0.6 is 0 Å². The summed E-state index contributed by atoms with van der Waals surface area (Å²) in [5, 5.41) is 3.58. The first kappa shape index (κ1) is 23.4. The van der Waals surface area contributed by atoms with E-state index in [0.717, 1.165) is 24.9 Å². The second kappa shape index (κ2) is 10.1. The van der Waals surface area contributed by atoms with Crippen molar-refractivity contribution in [2.24, 2.45) is 5.41 Å². The van der Waals surface area contributed by atoms with Crippen LogP contribution in [0.15, 0.2) is 72.8 Å². The lowest BCUT2D eigenvalue weighted by molar-refractivity contribution is 0.245. The molecule has 3 aliphatic rings. The van der Waals surface area contributed by atoms with Gasteiger partial charge in [0.2, 0.25) is 0 Å². The van der Waals surface area contributed by atoms with Crippen molar-refractivity contribution < 1.29 is 0 Å². The molecule has 2 heterocycles. The van der Waals surface area contributed by atoms with E-state index in [-0.39, 0.29) is 0 Å². The number of nitrogen functional groups attached to an aromatic ring is 1. The summed E-state index contributed by atoms with van der Waals surface area (Å²) in [5.41, 5.74) is 17.2. The Morgan fingerprint density at radius 3 is 2.31 bits per heavy atom. The smallest absolute Gasteiger partial charge is 0.0366 e. The number of hydrogen-bond donors (Lipinski definition) is 2. The molecule has 0 atom stereocenters. The SMILES string of the molecule is Nc1ccc2c(c1)CCCC(c1ccccc1)=C2c1ccc(N2CCC3(CCCNCCC3)C2)cc1. The second-order valence-corrected chi connectivity index (χ2v) is 11.2. The topological polar surface area (TPSA) is 41.3 Å². The van der Waals surface area contributed by atoms with Crippen LogP contribution in [0.25, 0.3) is 11.1 Å². The molecule has 0 unspecified atom stereocenters. The maximum Gasteiger partial charge on any atom is 0.0366 e. The number of hydrogen-bond acceptors (Lipinski definition) is 3. The molecule has 3 N–H and O–H groups in total. The highest BCUT2D eigenvalue weighted by Crippen LogP contribution is 2.43. The molecule has 1 spiro atoms. The summed E-state index contributed by atoms with van der Waals surface area (Å²) >= 11 is 0. The number of aryl methyl sites for hydroxylation is 1. The molecule has 186 valence electrons. The van der Waals surface area contributed by atoms with Gasteiger partial charge in [0.05, 0.1) is 0 Å². The molecule has 0 amide bonds. The summed E-state index contributed by atoms with van der Waals surface area (Å²) in [5.74, 6) is 0. The van der Waals surface area contributed by atoms with Crippen LogP contribution in [-0.2, 0) is 6.42 Å². The first-order valence-corrected chi connectivity index (χ1v) is 13.9. The highest BCUT2D eigenvalue weighted by atomic mass is 15.2. The Balaban J connectivity index is 1.34. The highest BCUT2D eigenvalue weighted by molar-refractivity contribution is 6.00. The van der Waals surface area contributed by atoms with E-state index >= 15 is 0 Å². The predicted octanol–water partition coefficient (Wildman–Crippen LogP) is 6.92. The van der Waals surface area contributed by atoms with E-state index in [1.165, 1.54) is 97.4 Å². The van der Waals surface area contributed by atoms with Crippen LogP contribution in [0.4, 0.5) is 11.4 Å². The minimum atomic E-state index is 0.518. The average Bonchev–Trinajstić information content (AvgIpc) is 3.23. The van der Waals surface area contributed by atoms with Gasteiger partial charge in [0, 0.05) is 24.5 Å². The lowest BCUT2D eigenvalue weighted by atomic mass is 9.77. The maximum atomic E-state index is 6.20. The van der Waals surface area contributed by atoms with Crippen molar-refractivity contribution in [2.75, 3.05) is 36.8 Å². The summed E-state index contributed by atoms with van der Waals surface area (Å²) in [6.45, 7) is 4.77. The molecule has 3 aromatic rings. The molecule has 0 radical (unpaired) electrons. The Kier molecular flexibility index (Phi) is 6.58. The number of allylic oxidation sites excluding steroid dienone is 1. The van der Waals surface area contributed by atoms with Crippen LogP contribution in [0.5, 0.6) is 0 Å². The van der Waals surface area contributed by atoms with Crippen LogP contribution in [0.1, 0.15) is 67.2 Å². The number of benzene rings is 3. The van der Waals surface area contributed by atoms with Gasteiger partial charge < -0.3 is 16.0 Å². The van der Waals surface area contributed by atoms with Gasteiger partial charge in [-0.2, -0.15) is 0 Å². The summed E-state index contributed by atoms with van der Waals surface area (Å²) in [6, 6.07) is 26.9. The lowest BCUT2D eigenvalue weighted by Gasteiger charge is -2.32. The standard InChI is InChI=1S/C33H39N3/c34-28-13-16-31-27(23-28)9-4-10-30(25-7-2-1-3-8-25)32(31)26-11-14-29(15-12-26)36-22-19-33(24-36)17-5-20-35-21-6-18-33/h1-3,7-8,11-16,23,35H,4-6,9-10,17-22,24,34H2. The van der Waals surface area contributed by atoms with Crippen molar-refractivity contribution in [2.45, 2.75) is 51.4 Å². The van der Waals surface area contributed by atoms with Crippen molar-refractivity contribution in [3.63, 3.8) is 0 Å². The maximum absolute atomic E-state index is 6.20. The zero-order chi connectivity index (χ0) is 24.4. The fraction of sp³-hybridized carbons (Fsp3) is 0.394. The predicted molar refractivity (Wildman–Crippen MR) is 153 cm³/mol. The molecule has 0 aromatic heterocycles. The molecule has 2 saturated heterocycles. The van der Waals surface area contributed by atoms with Crippen LogP contribution in [0.3, 0.4) is 0 Å². The second-order valence-electron chi connectivity index (χ2n) is 11.2. The lowest BCUT2D eigenvalue weighted by Crippen LogP contribution is -2.32. The zero-order valence-corrected chi connectivity index (χ0v) is 21.4. The summed E-state index contributed by atoms with van der Waals surface area (Å²) in [7, 11) is 0. The molecule has 1 aliphatic carbocycles. The third-order valence-electron chi connectivity index (χ3n) is 8.78. The molecular formula is C33H39N3. The molecule has 3 nitrogen and oxygen atoms in total. The number of nitrogens with one attached hydrogen (secondary N) is 1. The molecule has 0 saturated carbocycles. The van der Waals surface area contributed by atoms with Gasteiger partial charge in [-0.05, 0) is 128 Å². The Morgan fingerprint density at radius 2 is 1.53 bits per heavy atom. The van der Waals surface area contributed by atoms with Gasteiger partial charge in [-0.3, -0.25) is 0 Å². The minimum Gasteiger partial charge on any atom is -0.399 e. The van der Waals surface area contributed by atoms with E-state index in [4.69, 9.17) is 5.73 Å². The van der Waals surface area contributed by atoms with Crippen LogP contribution < -0.4 is 16.0 Å². The van der Waals surface area contributed by atoms with Gasteiger partial charge in [0.25, 0.3) is 0 Å². The Hall–Kier alpha value is -3.04. The monoisotopic (exact) mass is 477 g/mol. The first-order chi connectivity index (χ1) is 17.7. The third kappa shape index (κ3) is 4.69. The van der Waals surface area contributed by atoms with Gasteiger partial charge in [-0.1, -0.05) is 48.5 Å². The fourth-order valence-electron chi connectivity index (χ4n) is 6.89. The van der Waals surface area contributed by atoms with Gasteiger partial charge in [-0.15, -0.1) is 0 Å². The fourth-order valence-corrected chi connectivity index (χ4v) is 6.89. The molecule has 3 aromatic carbocycles. The van der Waals surface area contributed by atoms with E-state index in [2.05, 4.69) is 83.0 Å². The van der Waals surface area contributed by atoms with Gasteiger partial charge in [-0.25, -0.2) is 0 Å². The van der Waals surface area contributed by atoms with E-state index in [0.29, 0.717) is 5.41 Å². The molecule has 2 aliphatic heterocycles. The van der Waals surface area contributed by atoms with E-state index in [1.54, 1.807) is 0 Å². The van der Waals surface area contributed by atoms with Crippen LogP contribution in [0, 0.1) is 5.41 Å².